The highest BCUT2D eigenvalue weighted by Crippen LogP contribution is 2.15. The number of ether oxygens (including phenoxy) is 1. The van der Waals surface area contributed by atoms with E-state index in [0.717, 1.165) is 37.3 Å². The van der Waals surface area contributed by atoms with Crippen molar-refractivity contribution in [2.24, 2.45) is 0 Å². The quantitative estimate of drug-likeness (QED) is 0.722. The van der Waals surface area contributed by atoms with Crippen LogP contribution in [0.1, 0.15) is 11.6 Å². The Kier molecular flexibility index (Phi) is 7.13. The first-order valence-corrected chi connectivity index (χ1v) is 9.50. The summed E-state index contributed by atoms with van der Waals surface area (Å²) in [6.45, 7) is 4.42. The molecule has 1 saturated heterocycles. The van der Waals surface area contributed by atoms with Gasteiger partial charge >= 0.3 is 0 Å². The number of anilines is 1. The summed E-state index contributed by atoms with van der Waals surface area (Å²) in [6.07, 6.45) is 1.66. The third kappa shape index (κ3) is 5.88. The number of pyridine rings is 1. The van der Waals surface area contributed by atoms with Crippen molar-refractivity contribution in [3.8, 4) is 0 Å². The second-order valence-electron chi connectivity index (χ2n) is 6.17. The Morgan fingerprint density at radius 3 is 2.65 bits per heavy atom. The summed E-state index contributed by atoms with van der Waals surface area (Å²) in [5, 5.41) is 6.20. The molecular weight excluding hydrogens is 396 g/mol. The Bertz CT molecular complexity index is 690. The molecule has 7 heteroatoms. The Morgan fingerprint density at radius 1 is 1.19 bits per heavy atom. The van der Waals surface area contributed by atoms with E-state index in [1.807, 2.05) is 24.3 Å². The molecule has 0 aliphatic carbocycles. The lowest BCUT2D eigenvalue weighted by Gasteiger charge is -2.31. The number of nitrogens with one attached hydrogen (secondary N) is 2. The van der Waals surface area contributed by atoms with Gasteiger partial charge in [-0.15, -0.1) is 0 Å². The molecule has 1 aliphatic heterocycles. The zero-order valence-corrected chi connectivity index (χ0v) is 16.1. The van der Waals surface area contributed by atoms with Crippen molar-refractivity contribution in [1.82, 2.24) is 15.2 Å². The van der Waals surface area contributed by atoms with E-state index in [0.29, 0.717) is 5.82 Å². The molecule has 1 fully saturated rings. The molecular formula is C19H23BrN4O2. The fraction of sp³-hybridized carbons (Fsp3) is 0.368. The number of benzene rings is 1. The van der Waals surface area contributed by atoms with E-state index >= 15 is 0 Å². The lowest BCUT2D eigenvalue weighted by molar-refractivity contribution is -0.115. The van der Waals surface area contributed by atoms with Crippen LogP contribution in [0.2, 0.25) is 0 Å². The SMILES string of the molecule is O=C(CNC(CN1CCOCC1)c1ccccc1)Nc1ccc(Br)cn1. The van der Waals surface area contributed by atoms with Gasteiger partial charge in [-0.1, -0.05) is 30.3 Å². The third-order valence-electron chi connectivity index (χ3n) is 4.25. The number of hydrogen-bond donors (Lipinski definition) is 2. The topological polar surface area (TPSA) is 66.5 Å². The fourth-order valence-electron chi connectivity index (χ4n) is 2.87. The van der Waals surface area contributed by atoms with Gasteiger partial charge in [0.1, 0.15) is 5.82 Å². The summed E-state index contributed by atoms with van der Waals surface area (Å²) in [4.78, 5) is 18.8. The Balaban J connectivity index is 1.57. The lowest BCUT2D eigenvalue weighted by Crippen LogP contribution is -2.43. The minimum Gasteiger partial charge on any atom is -0.379 e. The van der Waals surface area contributed by atoms with E-state index in [9.17, 15) is 4.79 Å². The second-order valence-corrected chi connectivity index (χ2v) is 7.08. The monoisotopic (exact) mass is 418 g/mol. The van der Waals surface area contributed by atoms with E-state index in [-0.39, 0.29) is 18.5 Å². The largest absolute Gasteiger partial charge is 0.379 e. The molecule has 0 bridgehead atoms. The van der Waals surface area contributed by atoms with Crippen molar-refractivity contribution in [1.29, 1.82) is 0 Å². The number of aromatic nitrogens is 1. The highest BCUT2D eigenvalue weighted by molar-refractivity contribution is 9.10. The van der Waals surface area contributed by atoms with E-state index in [4.69, 9.17) is 4.74 Å². The van der Waals surface area contributed by atoms with Gasteiger partial charge in [-0.05, 0) is 33.6 Å². The second kappa shape index (κ2) is 9.78. The normalized spacial score (nSPS) is 16.2. The molecule has 2 N–H and O–H groups in total. The molecule has 2 aromatic rings. The molecule has 6 nitrogen and oxygen atoms in total. The van der Waals surface area contributed by atoms with Crippen molar-refractivity contribution in [2.45, 2.75) is 6.04 Å². The van der Waals surface area contributed by atoms with Crippen molar-refractivity contribution >= 4 is 27.7 Å². The Morgan fingerprint density at radius 2 is 1.96 bits per heavy atom. The van der Waals surface area contributed by atoms with Crippen LogP contribution in [0.4, 0.5) is 5.82 Å². The minimum absolute atomic E-state index is 0.0814. The van der Waals surface area contributed by atoms with Crippen LogP contribution in [0.3, 0.4) is 0 Å². The molecule has 3 rings (SSSR count). The standard InChI is InChI=1S/C19H23BrN4O2/c20-16-6-7-18(22-12-16)23-19(25)13-21-17(15-4-2-1-3-5-15)14-24-8-10-26-11-9-24/h1-7,12,17,21H,8-11,13-14H2,(H,22,23,25). The first-order chi connectivity index (χ1) is 12.7. The van der Waals surface area contributed by atoms with Crippen molar-refractivity contribution < 1.29 is 9.53 Å². The van der Waals surface area contributed by atoms with Crippen LogP contribution in [-0.4, -0.2) is 55.2 Å². The summed E-state index contributed by atoms with van der Waals surface area (Å²) < 4.78 is 6.30. The molecule has 1 aromatic heterocycles. The van der Waals surface area contributed by atoms with Crippen molar-refractivity contribution in [3.05, 3.63) is 58.7 Å². The summed E-state index contributed by atoms with van der Waals surface area (Å²) >= 11 is 3.33. The fourth-order valence-corrected chi connectivity index (χ4v) is 3.10. The first-order valence-electron chi connectivity index (χ1n) is 8.70. The van der Waals surface area contributed by atoms with E-state index in [1.165, 1.54) is 5.56 Å². The molecule has 2 heterocycles. The van der Waals surface area contributed by atoms with Crippen molar-refractivity contribution in [2.75, 3.05) is 44.7 Å². The molecule has 0 spiro atoms. The summed E-state index contributed by atoms with van der Waals surface area (Å²) in [5.74, 6) is 0.437. The number of amides is 1. The zero-order valence-electron chi connectivity index (χ0n) is 14.5. The Labute approximate surface area is 162 Å². The maximum absolute atomic E-state index is 12.3. The number of rotatable bonds is 7. The molecule has 1 aromatic carbocycles. The van der Waals surface area contributed by atoms with Crippen LogP contribution in [0, 0.1) is 0 Å². The lowest BCUT2D eigenvalue weighted by atomic mass is 10.1. The summed E-state index contributed by atoms with van der Waals surface area (Å²) in [5.41, 5.74) is 1.17. The molecule has 1 aliphatic rings. The maximum Gasteiger partial charge on any atom is 0.239 e. The third-order valence-corrected chi connectivity index (χ3v) is 4.72. The minimum atomic E-state index is -0.109. The molecule has 26 heavy (non-hydrogen) atoms. The highest BCUT2D eigenvalue weighted by Gasteiger charge is 2.19. The smallest absolute Gasteiger partial charge is 0.239 e. The van der Waals surface area contributed by atoms with Gasteiger partial charge in [-0.3, -0.25) is 9.69 Å². The Hall–Kier alpha value is -1.80. The van der Waals surface area contributed by atoms with Crippen LogP contribution in [0.5, 0.6) is 0 Å². The first kappa shape index (κ1) is 19.0. The molecule has 0 saturated carbocycles. The van der Waals surface area contributed by atoms with E-state index < -0.39 is 0 Å². The molecule has 1 atom stereocenters. The zero-order chi connectivity index (χ0) is 18.2. The average molecular weight is 419 g/mol. The number of morpholine rings is 1. The number of nitrogens with zero attached hydrogens (tertiary/aromatic N) is 2. The number of carbonyl (C=O) groups excluding carboxylic acids is 1. The van der Waals surface area contributed by atoms with Gasteiger partial charge in [-0.25, -0.2) is 4.98 Å². The van der Waals surface area contributed by atoms with Gasteiger partial charge in [0.05, 0.1) is 19.8 Å². The predicted molar refractivity (Wildman–Crippen MR) is 105 cm³/mol. The van der Waals surface area contributed by atoms with Crippen LogP contribution in [0.15, 0.2) is 53.1 Å². The van der Waals surface area contributed by atoms with Crippen LogP contribution < -0.4 is 10.6 Å². The van der Waals surface area contributed by atoms with Crippen LogP contribution >= 0.6 is 15.9 Å². The number of carbonyl (C=O) groups is 1. The van der Waals surface area contributed by atoms with Gasteiger partial charge in [0, 0.05) is 36.3 Å². The predicted octanol–water partition coefficient (Wildman–Crippen LogP) is 2.45. The molecule has 138 valence electrons. The maximum atomic E-state index is 12.3. The number of hydrogen-bond acceptors (Lipinski definition) is 5. The summed E-state index contributed by atoms with van der Waals surface area (Å²) in [6, 6.07) is 13.9. The van der Waals surface area contributed by atoms with E-state index in [1.54, 1.807) is 12.3 Å². The van der Waals surface area contributed by atoms with Gasteiger partial charge in [0.2, 0.25) is 5.91 Å². The average Bonchev–Trinajstić information content (AvgIpc) is 2.68. The molecule has 1 amide bonds. The number of halogens is 1. The van der Waals surface area contributed by atoms with Crippen molar-refractivity contribution in [3.63, 3.8) is 0 Å². The van der Waals surface area contributed by atoms with Crippen LogP contribution in [-0.2, 0) is 9.53 Å². The van der Waals surface area contributed by atoms with Gasteiger partial charge in [0.25, 0.3) is 0 Å². The van der Waals surface area contributed by atoms with Gasteiger partial charge in [-0.2, -0.15) is 0 Å². The van der Waals surface area contributed by atoms with Crippen LogP contribution in [0.25, 0.3) is 0 Å². The summed E-state index contributed by atoms with van der Waals surface area (Å²) in [7, 11) is 0. The van der Waals surface area contributed by atoms with Gasteiger partial charge in [0.15, 0.2) is 0 Å². The molecule has 0 radical (unpaired) electrons. The van der Waals surface area contributed by atoms with Gasteiger partial charge < -0.3 is 15.4 Å². The molecule has 1 unspecified atom stereocenters. The van der Waals surface area contributed by atoms with E-state index in [2.05, 4.69) is 48.6 Å². The highest BCUT2D eigenvalue weighted by atomic mass is 79.9.